The van der Waals surface area contributed by atoms with Crippen molar-refractivity contribution >= 4 is 0 Å². The molecular weight excluding hydrogens is 377 g/mol. The van der Waals surface area contributed by atoms with Crippen LogP contribution in [0.5, 0.6) is 0 Å². The molecule has 2 aromatic heterocycles. The predicted molar refractivity (Wildman–Crippen MR) is 115 cm³/mol. The van der Waals surface area contributed by atoms with E-state index in [1.54, 1.807) is 16.8 Å². The summed E-state index contributed by atoms with van der Waals surface area (Å²) < 4.78 is 20.9. The van der Waals surface area contributed by atoms with E-state index in [-0.39, 0.29) is 5.82 Å². The highest BCUT2D eigenvalue weighted by atomic mass is 19.1. The summed E-state index contributed by atoms with van der Waals surface area (Å²) in [4.78, 5) is 0. The Morgan fingerprint density at radius 2 is 1.53 bits per heavy atom. The molecule has 3 aromatic carbocycles. The Hall–Kier alpha value is -3.99. The third kappa shape index (κ3) is 3.42. The van der Waals surface area contributed by atoms with E-state index in [1.807, 2.05) is 73.8 Å². The SMILES string of the molecule is Cc1ccc(-c2cc(-c3cn(-c4ccccc4)nc3-c3ccc(F)cc3)no2)cc1. The Morgan fingerprint density at radius 3 is 2.27 bits per heavy atom. The molecule has 0 radical (unpaired) electrons. The summed E-state index contributed by atoms with van der Waals surface area (Å²) >= 11 is 0. The maximum absolute atomic E-state index is 13.5. The van der Waals surface area contributed by atoms with Crippen molar-refractivity contribution in [3.63, 3.8) is 0 Å². The molecule has 30 heavy (non-hydrogen) atoms. The molecule has 0 amide bonds. The van der Waals surface area contributed by atoms with E-state index in [4.69, 9.17) is 9.62 Å². The van der Waals surface area contributed by atoms with Crippen LogP contribution < -0.4 is 0 Å². The number of aromatic nitrogens is 3. The van der Waals surface area contributed by atoms with Gasteiger partial charge in [-0.25, -0.2) is 9.07 Å². The normalized spacial score (nSPS) is 11.0. The van der Waals surface area contributed by atoms with Crippen LogP contribution in [0.2, 0.25) is 0 Å². The molecule has 0 N–H and O–H groups in total. The Bertz CT molecular complexity index is 1290. The van der Waals surface area contributed by atoms with Gasteiger partial charge in [-0.3, -0.25) is 0 Å². The van der Waals surface area contributed by atoms with Crippen molar-refractivity contribution in [3.8, 4) is 39.5 Å². The second-order valence-corrected chi connectivity index (χ2v) is 7.12. The van der Waals surface area contributed by atoms with E-state index in [1.165, 1.54) is 17.7 Å². The molecule has 2 heterocycles. The monoisotopic (exact) mass is 395 g/mol. The zero-order chi connectivity index (χ0) is 20.5. The lowest BCUT2D eigenvalue weighted by Crippen LogP contribution is -1.94. The van der Waals surface area contributed by atoms with Gasteiger partial charge in [-0.1, -0.05) is 53.2 Å². The summed E-state index contributed by atoms with van der Waals surface area (Å²) in [5, 5.41) is 9.06. The second kappa shape index (κ2) is 7.44. The average molecular weight is 395 g/mol. The number of rotatable bonds is 4. The van der Waals surface area contributed by atoms with Crippen molar-refractivity contribution in [1.82, 2.24) is 14.9 Å². The number of aryl methyl sites for hydroxylation is 1. The number of hydrogen-bond donors (Lipinski definition) is 0. The first-order chi connectivity index (χ1) is 14.7. The molecule has 0 aliphatic rings. The third-order valence-corrected chi connectivity index (χ3v) is 4.97. The van der Waals surface area contributed by atoms with Crippen LogP contribution in [0.3, 0.4) is 0 Å². The van der Waals surface area contributed by atoms with Gasteiger partial charge in [0.05, 0.1) is 11.3 Å². The smallest absolute Gasteiger partial charge is 0.167 e. The lowest BCUT2D eigenvalue weighted by molar-refractivity contribution is 0.435. The number of halogens is 1. The fourth-order valence-corrected chi connectivity index (χ4v) is 3.35. The first-order valence-corrected chi connectivity index (χ1v) is 9.62. The van der Waals surface area contributed by atoms with Crippen molar-refractivity contribution in [2.75, 3.05) is 0 Å². The number of nitrogens with zero attached hydrogens (tertiary/aromatic N) is 3. The topological polar surface area (TPSA) is 43.9 Å². The predicted octanol–water partition coefficient (Wildman–Crippen LogP) is 6.31. The van der Waals surface area contributed by atoms with E-state index in [0.717, 1.165) is 22.4 Å². The number of hydrogen-bond acceptors (Lipinski definition) is 3. The lowest BCUT2D eigenvalue weighted by Gasteiger charge is -2.00. The van der Waals surface area contributed by atoms with Crippen LogP contribution in [-0.2, 0) is 0 Å². The zero-order valence-electron chi connectivity index (χ0n) is 16.3. The molecule has 0 saturated carbocycles. The second-order valence-electron chi connectivity index (χ2n) is 7.12. The van der Waals surface area contributed by atoms with E-state index < -0.39 is 0 Å². The van der Waals surface area contributed by atoms with Gasteiger partial charge in [-0.2, -0.15) is 5.10 Å². The Balaban J connectivity index is 1.62. The van der Waals surface area contributed by atoms with Gasteiger partial charge in [-0.15, -0.1) is 0 Å². The largest absolute Gasteiger partial charge is 0.356 e. The molecule has 5 aromatic rings. The minimum Gasteiger partial charge on any atom is -0.356 e. The first kappa shape index (κ1) is 18.1. The van der Waals surface area contributed by atoms with Gasteiger partial charge >= 0.3 is 0 Å². The van der Waals surface area contributed by atoms with Crippen LogP contribution in [0.1, 0.15) is 5.56 Å². The molecule has 0 aliphatic heterocycles. The summed E-state index contributed by atoms with van der Waals surface area (Å²) in [6, 6.07) is 26.1. The molecular formula is C25H18FN3O. The molecule has 0 saturated heterocycles. The van der Waals surface area contributed by atoms with Crippen molar-refractivity contribution in [1.29, 1.82) is 0 Å². The van der Waals surface area contributed by atoms with Crippen molar-refractivity contribution < 1.29 is 8.91 Å². The highest BCUT2D eigenvalue weighted by Crippen LogP contribution is 2.34. The molecule has 0 fully saturated rings. The number of para-hydroxylation sites is 1. The highest BCUT2D eigenvalue weighted by Gasteiger charge is 2.18. The van der Waals surface area contributed by atoms with E-state index in [2.05, 4.69) is 5.16 Å². The summed E-state index contributed by atoms with van der Waals surface area (Å²) in [7, 11) is 0. The Kier molecular flexibility index (Phi) is 4.48. The summed E-state index contributed by atoms with van der Waals surface area (Å²) in [6.07, 6.45) is 1.92. The van der Waals surface area contributed by atoms with E-state index >= 15 is 0 Å². The summed E-state index contributed by atoms with van der Waals surface area (Å²) in [5.74, 6) is 0.397. The third-order valence-electron chi connectivity index (χ3n) is 4.97. The first-order valence-electron chi connectivity index (χ1n) is 9.62. The number of benzene rings is 3. The highest BCUT2D eigenvalue weighted by molar-refractivity contribution is 5.80. The summed E-state index contributed by atoms with van der Waals surface area (Å²) in [5.41, 5.74) is 6.07. The maximum atomic E-state index is 13.5. The average Bonchev–Trinajstić information content (AvgIpc) is 3.43. The van der Waals surface area contributed by atoms with Crippen LogP contribution in [0, 0.1) is 12.7 Å². The van der Waals surface area contributed by atoms with Crippen LogP contribution in [-0.4, -0.2) is 14.9 Å². The molecule has 5 rings (SSSR count). The van der Waals surface area contributed by atoms with Crippen LogP contribution >= 0.6 is 0 Å². The zero-order valence-corrected chi connectivity index (χ0v) is 16.3. The Labute approximate surface area is 173 Å². The van der Waals surface area contributed by atoms with Crippen LogP contribution in [0.25, 0.3) is 39.5 Å². The van der Waals surface area contributed by atoms with E-state index in [9.17, 15) is 4.39 Å². The van der Waals surface area contributed by atoms with Gasteiger partial charge in [0.2, 0.25) is 0 Å². The summed E-state index contributed by atoms with van der Waals surface area (Å²) in [6.45, 7) is 2.04. The van der Waals surface area contributed by atoms with Gasteiger partial charge in [0.25, 0.3) is 0 Å². The fraction of sp³-hybridized carbons (Fsp3) is 0.0400. The van der Waals surface area contributed by atoms with Gasteiger partial charge in [-0.05, 0) is 43.3 Å². The van der Waals surface area contributed by atoms with Crippen molar-refractivity contribution in [2.45, 2.75) is 6.92 Å². The fourth-order valence-electron chi connectivity index (χ4n) is 3.35. The molecule has 0 atom stereocenters. The molecule has 0 bridgehead atoms. The molecule has 5 heteroatoms. The van der Waals surface area contributed by atoms with Gasteiger partial charge in [0, 0.05) is 23.4 Å². The molecule has 0 spiro atoms. The quantitative estimate of drug-likeness (QED) is 0.358. The molecule has 146 valence electrons. The molecule has 0 unspecified atom stereocenters. The molecule has 0 aliphatic carbocycles. The van der Waals surface area contributed by atoms with Gasteiger partial charge in [0.1, 0.15) is 17.2 Å². The standard InChI is InChI=1S/C25H18FN3O/c1-17-7-9-18(10-8-17)24-15-23(28-30-24)22-16-29(21-5-3-2-4-6-21)27-25(22)19-11-13-20(26)14-12-19/h2-16H,1H3. The van der Waals surface area contributed by atoms with Crippen molar-refractivity contribution in [2.24, 2.45) is 0 Å². The lowest BCUT2D eigenvalue weighted by atomic mass is 10.0. The van der Waals surface area contributed by atoms with Crippen LogP contribution in [0.4, 0.5) is 4.39 Å². The Morgan fingerprint density at radius 1 is 0.833 bits per heavy atom. The van der Waals surface area contributed by atoms with Crippen LogP contribution in [0.15, 0.2) is 95.6 Å². The molecule has 4 nitrogen and oxygen atoms in total. The maximum Gasteiger partial charge on any atom is 0.167 e. The van der Waals surface area contributed by atoms with Gasteiger partial charge in [0.15, 0.2) is 5.76 Å². The van der Waals surface area contributed by atoms with E-state index in [0.29, 0.717) is 17.1 Å². The minimum atomic E-state index is -0.286. The van der Waals surface area contributed by atoms with Crippen molar-refractivity contribution in [3.05, 3.63) is 103 Å². The minimum absolute atomic E-state index is 0.286. The van der Waals surface area contributed by atoms with Gasteiger partial charge < -0.3 is 4.52 Å².